The van der Waals surface area contributed by atoms with E-state index in [9.17, 15) is 13.6 Å². The minimum atomic E-state index is -0.845. The maximum Gasteiger partial charge on any atom is 0.225 e. The Bertz CT molecular complexity index is 752. The molecule has 1 aliphatic heterocycles. The molecule has 2 unspecified atom stereocenters. The van der Waals surface area contributed by atoms with Crippen LogP contribution in [-0.4, -0.2) is 19.0 Å². The Morgan fingerprint density at radius 2 is 1.96 bits per heavy atom. The lowest BCUT2D eigenvalue weighted by molar-refractivity contribution is -0.124. The molecular weight excluding hydrogens is 369 g/mol. The maximum atomic E-state index is 14.3. The summed E-state index contributed by atoms with van der Waals surface area (Å²) in [6.07, 6.45) is 0.715. The number of amides is 1. The van der Waals surface area contributed by atoms with Gasteiger partial charge in [-0.1, -0.05) is 29.8 Å². The number of benzene rings is 2. The van der Waals surface area contributed by atoms with Crippen molar-refractivity contribution in [3.05, 3.63) is 70.2 Å². The lowest BCUT2D eigenvalue weighted by Crippen LogP contribution is -2.36. The van der Waals surface area contributed by atoms with Crippen LogP contribution >= 0.6 is 24.0 Å². The molecule has 134 valence electrons. The Kier molecular flexibility index (Phi) is 6.76. The van der Waals surface area contributed by atoms with E-state index in [1.54, 1.807) is 24.3 Å². The van der Waals surface area contributed by atoms with Gasteiger partial charge in [-0.3, -0.25) is 4.79 Å². The first-order valence-electron chi connectivity index (χ1n) is 7.76. The van der Waals surface area contributed by atoms with Crippen LogP contribution in [0.5, 0.6) is 0 Å². The van der Waals surface area contributed by atoms with Gasteiger partial charge in [0.15, 0.2) is 0 Å². The first-order valence-corrected chi connectivity index (χ1v) is 8.14. The van der Waals surface area contributed by atoms with Gasteiger partial charge in [-0.2, -0.15) is 0 Å². The highest BCUT2D eigenvalue weighted by Crippen LogP contribution is 2.30. The van der Waals surface area contributed by atoms with Crippen molar-refractivity contribution in [2.45, 2.75) is 12.5 Å². The summed E-state index contributed by atoms with van der Waals surface area (Å²) in [6.45, 7) is 1.34. The molecule has 2 aromatic carbocycles. The van der Waals surface area contributed by atoms with Crippen LogP contribution in [0.25, 0.3) is 0 Å². The third-order valence-electron chi connectivity index (χ3n) is 4.20. The zero-order chi connectivity index (χ0) is 17.1. The third-order valence-corrected chi connectivity index (χ3v) is 4.55. The lowest BCUT2D eigenvalue weighted by atomic mass is 9.96. The van der Waals surface area contributed by atoms with E-state index in [2.05, 4.69) is 10.6 Å². The maximum absolute atomic E-state index is 14.3. The first kappa shape index (κ1) is 19.6. The van der Waals surface area contributed by atoms with Gasteiger partial charge >= 0.3 is 0 Å². The van der Waals surface area contributed by atoms with E-state index in [0.717, 1.165) is 24.7 Å². The molecule has 0 bridgehead atoms. The fourth-order valence-electron chi connectivity index (χ4n) is 2.91. The zero-order valence-corrected chi connectivity index (χ0v) is 14.8. The van der Waals surface area contributed by atoms with Gasteiger partial charge in [0, 0.05) is 17.1 Å². The second-order valence-corrected chi connectivity index (χ2v) is 6.23. The van der Waals surface area contributed by atoms with Crippen LogP contribution < -0.4 is 10.6 Å². The van der Waals surface area contributed by atoms with Crippen molar-refractivity contribution in [3.63, 3.8) is 0 Å². The van der Waals surface area contributed by atoms with E-state index in [1.807, 2.05) is 0 Å². The quantitative estimate of drug-likeness (QED) is 0.837. The van der Waals surface area contributed by atoms with Gasteiger partial charge in [-0.05, 0) is 42.8 Å². The van der Waals surface area contributed by atoms with Crippen LogP contribution in [0.4, 0.5) is 8.78 Å². The molecular formula is C18H18Cl2F2N2O. The molecule has 1 aliphatic rings. The lowest BCUT2D eigenvalue weighted by Gasteiger charge is -2.23. The Balaban J connectivity index is 0.00000225. The number of hydrogen-bond acceptors (Lipinski definition) is 2. The monoisotopic (exact) mass is 386 g/mol. The molecule has 3 nitrogen and oxygen atoms in total. The van der Waals surface area contributed by atoms with E-state index < -0.39 is 17.7 Å². The molecule has 3 rings (SSSR count). The van der Waals surface area contributed by atoms with Crippen LogP contribution in [0.1, 0.15) is 23.6 Å². The minimum absolute atomic E-state index is 0. The summed E-state index contributed by atoms with van der Waals surface area (Å²) in [5.41, 5.74) is 0.588. The van der Waals surface area contributed by atoms with Crippen LogP contribution in [0.3, 0.4) is 0 Å². The van der Waals surface area contributed by atoms with E-state index in [-0.39, 0.29) is 29.8 Å². The molecule has 1 fully saturated rings. The Morgan fingerprint density at radius 1 is 1.20 bits per heavy atom. The molecule has 0 radical (unpaired) electrons. The van der Waals surface area contributed by atoms with Crippen molar-refractivity contribution in [2.24, 2.45) is 5.92 Å². The van der Waals surface area contributed by atoms with Crippen LogP contribution in [-0.2, 0) is 4.79 Å². The van der Waals surface area contributed by atoms with Crippen LogP contribution in [0.2, 0.25) is 5.02 Å². The van der Waals surface area contributed by atoms with Crippen molar-refractivity contribution >= 4 is 29.9 Å². The summed E-state index contributed by atoms with van der Waals surface area (Å²) in [7, 11) is 0. The predicted octanol–water partition coefficient (Wildman–Crippen LogP) is 3.86. The van der Waals surface area contributed by atoms with Crippen LogP contribution in [0.15, 0.2) is 42.5 Å². The van der Waals surface area contributed by atoms with Gasteiger partial charge in [-0.25, -0.2) is 8.78 Å². The van der Waals surface area contributed by atoms with Gasteiger partial charge in [0.1, 0.15) is 11.6 Å². The summed E-state index contributed by atoms with van der Waals surface area (Å²) in [5.74, 6) is -1.55. The molecule has 2 N–H and O–H groups in total. The summed E-state index contributed by atoms with van der Waals surface area (Å²) >= 11 is 6.22. The molecule has 7 heteroatoms. The minimum Gasteiger partial charge on any atom is -0.345 e. The standard InChI is InChI=1S/C18H17ClF2N2O.ClH/c19-15-4-2-1-3-13(15)17(14-9-12(20)5-6-16(14)21)23-18(24)11-7-8-22-10-11;/h1-6,9,11,17,22H,7-8,10H2,(H,23,24);1H. The summed E-state index contributed by atoms with van der Waals surface area (Å²) in [4.78, 5) is 12.5. The largest absolute Gasteiger partial charge is 0.345 e. The average Bonchev–Trinajstić information content (AvgIpc) is 3.10. The molecule has 1 amide bonds. The predicted molar refractivity (Wildman–Crippen MR) is 96.0 cm³/mol. The third kappa shape index (κ3) is 4.48. The normalized spacial score (nSPS) is 17.6. The Labute approximate surface area is 156 Å². The second-order valence-electron chi connectivity index (χ2n) is 5.82. The highest BCUT2D eigenvalue weighted by atomic mass is 35.5. The van der Waals surface area contributed by atoms with Gasteiger partial charge in [0.05, 0.1) is 12.0 Å². The fraction of sp³-hybridized carbons (Fsp3) is 0.278. The smallest absolute Gasteiger partial charge is 0.225 e. The van der Waals surface area contributed by atoms with Gasteiger partial charge in [0.25, 0.3) is 0 Å². The number of hydrogen-bond donors (Lipinski definition) is 2. The average molecular weight is 387 g/mol. The molecule has 2 atom stereocenters. The van der Waals surface area contributed by atoms with E-state index in [0.29, 0.717) is 23.6 Å². The van der Waals surface area contributed by atoms with Crippen molar-refractivity contribution in [1.29, 1.82) is 0 Å². The van der Waals surface area contributed by atoms with Gasteiger partial charge < -0.3 is 10.6 Å². The molecule has 1 heterocycles. The molecule has 0 saturated carbocycles. The number of halogens is 4. The van der Waals surface area contributed by atoms with E-state index in [4.69, 9.17) is 11.6 Å². The summed E-state index contributed by atoms with van der Waals surface area (Å²) in [6, 6.07) is 9.19. The highest BCUT2D eigenvalue weighted by Gasteiger charge is 2.28. The SMILES string of the molecule is Cl.O=C(NC(c1cc(F)ccc1F)c1ccccc1Cl)C1CCNC1. The topological polar surface area (TPSA) is 41.1 Å². The van der Waals surface area contributed by atoms with Crippen molar-refractivity contribution in [2.75, 3.05) is 13.1 Å². The molecule has 2 aromatic rings. The second kappa shape index (κ2) is 8.61. The number of rotatable bonds is 4. The Hall–Kier alpha value is -1.69. The first-order chi connectivity index (χ1) is 11.6. The van der Waals surface area contributed by atoms with Crippen LogP contribution in [0, 0.1) is 17.6 Å². The molecule has 0 spiro atoms. The highest BCUT2D eigenvalue weighted by molar-refractivity contribution is 6.31. The van der Waals surface area contributed by atoms with Crippen molar-refractivity contribution in [1.82, 2.24) is 10.6 Å². The Morgan fingerprint density at radius 3 is 2.64 bits per heavy atom. The molecule has 0 aromatic heterocycles. The van der Waals surface area contributed by atoms with Gasteiger partial charge in [0.2, 0.25) is 5.91 Å². The summed E-state index contributed by atoms with van der Waals surface area (Å²) < 4.78 is 27.9. The molecule has 0 aliphatic carbocycles. The summed E-state index contributed by atoms with van der Waals surface area (Å²) in [5, 5.41) is 6.33. The number of carbonyl (C=O) groups excluding carboxylic acids is 1. The van der Waals surface area contributed by atoms with Gasteiger partial charge in [-0.15, -0.1) is 12.4 Å². The molecule has 25 heavy (non-hydrogen) atoms. The van der Waals surface area contributed by atoms with Crippen molar-refractivity contribution < 1.29 is 13.6 Å². The van der Waals surface area contributed by atoms with E-state index in [1.165, 1.54) is 0 Å². The zero-order valence-electron chi connectivity index (χ0n) is 13.3. The van der Waals surface area contributed by atoms with Crippen molar-refractivity contribution in [3.8, 4) is 0 Å². The fourth-order valence-corrected chi connectivity index (χ4v) is 3.15. The molecule has 1 saturated heterocycles. The number of carbonyl (C=O) groups is 1. The number of nitrogens with one attached hydrogen (secondary N) is 2. The van der Waals surface area contributed by atoms with E-state index >= 15 is 0 Å².